The molecule has 1 saturated heterocycles. The van der Waals surface area contributed by atoms with Gasteiger partial charge in [0, 0.05) is 28.3 Å². The molecule has 0 spiro atoms. The highest BCUT2D eigenvalue weighted by Crippen LogP contribution is 2.11. The predicted octanol–water partition coefficient (Wildman–Crippen LogP) is -1.22. The molecule has 1 fully saturated rings. The van der Waals surface area contributed by atoms with Crippen LogP contribution >= 0.6 is 0 Å². The summed E-state index contributed by atoms with van der Waals surface area (Å²) in [7, 11) is -0.732. The first-order chi connectivity index (χ1) is 7.65. The van der Waals surface area contributed by atoms with Gasteiger partial charge in [0.05, 0.1) is 0 Å². The Labute approximate surface area is 93.1 Å². The Kier molecular flexibility index (Phi) is 3.18. The molecule has 0 aliphatic carbocycles. The van der Waals surface area contributed by atoms with Crippen molar-refractivity contribution in [1.82, 2.24) is 15.2 Å². The average molecular weight is 244 g/mol. The normalized spacial score (nSPS) is 25.2. The number of hydrogen-bond donors (Lipinski definition) is 3. The number of nitrogens with one attached hydrogen (secondary N) is 3. The highest BCUT2D eigenvalue weighted by molar-refractivity contribution is 7.85. The van der Waals surface area contributed by atoms with E-state index in [9.17, 15) is 13.8 Å². The molecular formula is C8H12N4O3S. The monoisotopic (exact) mass is 244 g/mol. The van der Waals surface area contributed by atoms with Crippen LogP contribution in [0.3, 0.4) is 0 Å². The standard InChI is InChI=1S/C8H12N4O3S/c13-7-6(11-12-8(14)10-7)9-5-1-3-16(15)4-2-5/h5H,1-4H2,(H,9,11)(H2,10,12,13,14). The van der Waals surface area contributed by atoms with Crippen molar-refractivity contribution in [2.24, 2.45) is 0 Å². The molecule has 2 heterocycles. The summed E-state index contributed by atoms with van der Waals surface area (Å²) in [6.45, 7) is 0. The molecule has 3 N–H and O–H groups in total. The summed E-state index contributed by atoms with van der Waals surface area (Å²) >= 11 is 0. The zero-order valence-corrected chi connectivity index (χ0v) is 9.30. The highest BCUT2D eigenvalue weighted by atomic mass is 32.2. The molecule has 88 valence electrons. The van der Waals surface area contributed by atoms with Gasteiger partial charge in [-0.2, -0.15) is 0 Å². The molecule has 2 rings (SSSR count). The largest absolute Gasteiger partial charge is 0.361 e. The molecule has 0 saturated carbocycles. The van der Waals surface area contributed by atoms with E-state index in [-0.39, 0.29) is 11.9 Å². The second-order valence-electron chi connectivity index (χ2n) is 3.62. The fourth-order valence-electron chi connectivity index (χ4n) is 1.58. The van der Waals surface area contributed by atoms with Crippen molar-refractivity contribution in [3.8, 4) is 0 Å². The average Bonchev–Trinajstić information content (AvgIpc) is 2.25. The van der Waals surface area contributed by atoms with Gasteiger partial charge in [-0.1, -0.05) is 0 Å². The van der Waals surface area contributed by atoms with E-state index in [2.05, 4.69) is 20.5 Å². The molecule has 16 heavy (non-hydrogen) atoms. The van der Waals surface area contributed by atoms with Crippen LogP contribution in [0.1, 0.15) is 12.8 Å². The summed E-state index contributed by atoms with van der Waals surface area (Å²) in [6.07, 6.45) is 1.49. The minimum absolute atomic E-state index is 0.0946. The van der Waals surface area contributed by atoms with Gasteiger partial charge < -0.3 is 5.32 Å². The lowest BCUT2D eigenvalue weighted by Gasteiger charge is -2.22. The Morgan fingerprint density at radius 1 is 1.31 bits per heavy atom. The third-order valence-corrected chi connectivity index (χ3v) is 3.82. The summed E-state index contributed by atoms with van der Waals surface area (Å²) in [5.74, 6) is 1.38. The number of H-pyrrole nitrogens is 2. The Balaban J connectivity index is 2.07. The van der Waals surface area contributed by atoms with E-state index in [1.807, 2.05) is 0 Å². The van der Waals surface area contributed by atoms with Crippen LogP contribution in [0, 0.1) is 0 Å². The van der Waals surface area contributed by atoms with Crippen LogP contribution in [0.5, 0.6) is 0 Å². The molecule has 1 aromatic rings. The van der Waals surface area contributed by atoms with Crippen molar-refractivity contribution in [3.05, 3.63) is 20.8 Å². The number of hydrogen-bond acceptors (Lipinski definition) is 5. The van der Waals surface area contributed by atoms with E-state index in [1.165, 1.54) is 0 Å². The number of nitrogens with zero attached hydrogens (tertiary/aromatic N) is 1. The molecule has 1 aromatic heterocycles. The second kappa shape index (κ2) is 4.60. The lowest BCUT2D eigenvalue weighted by Crippen LogP contribution is -2.34. The smallest absolute Gasteiger partial charge is 0.342 e. The van der Waals surface area contributed by atoms with E-state index >= 15 is 0 Å². The van der Waals surface area contributed by atoms with Gasteiger partial charge in [0.25, 0.3) is 5.56 Å². The van der Waals surface area contributed by atoms with Crippen LogP contribution in [-0.2, 0) is 10.8 Å². The first-order valence-corrected chi connectivity index (χ1v) is 6.44. The van der Waals surface area contributed by atoms with Crippen LogP contribution in [-0.4, -0.2) is 36.9 Å². The van der Waals surface area contributed by atoms with E-state index in [0.29, 0.717) is 11.5 Å². The predicted molar refractivity (Wildman–Crippen MR) is 60.0 cm³/mol. The van der Waals surface area contributed by atoms with Crippen molar-refractivity contribution >= 4 is 16.6 Å². The molecule has 8 heteroatoms. The molecule has 0 bridgehead atoms. The van der Waals surface area contributed by atoms with Crippen LogP contribution < -0.4 is 16.6 Å². The molecule has 0 unspecified atom stereocenters. The molecule has 1 aliphatic rings. The molecule has 0 amide bonds. The van der Waals surface area contributed by atoms with Gasteiger partial charge in [-0.3, -0.25) is 14.0 Å². The first kappa shape index (κ1) is 11.1. The fourth-order valence-corrected chi connectivity index (χ4v) is 2.88. The van der Waals surface area contributed by atoms with Gasteiger partial charge in [0.15, 0.2) is 0 Å². The number of rotatable bonds is 2. The first-order valence-electron chi connectivity index (χ1n) is 4.95. The molecule has 0 aromatic carbocycles. The number of aromatic nitrogens is 3. The van der Waals surface area contributed by atoms with E-state index < -0.39 is 22.0 Å². The summed E-state index contributed by atoms with van der Waals surface area (Å²) in [5, 5.41) is 8.72. The second-order valence-corrected chi connectivity index (χ2v) is 5.32. The molecule has 7 nitrogen and oxygen atoms in total. The topological polar surface area (TPSA) is 108 Å². The maximum atomic E-state index is 11.3. The maximum absolute atomic E-state index is 11.3. The van der Waals surface area contributed by atoms with Crippen molar-refractivity contribution in [1.29, 1.82) is 0 Å². The Hall–Kier alpha value is -1.44. The minimum Gasteiger partial charge on any atom is -0.361 e. The summed E-state index contributed by atoms with van der Waals surface area (Å²) in [4.78, 5) is 24.1. The van der Waals surface area contributed by atoms with Gasteiger partial charge in [-0.05, 0) is 12.8 Å². The van der Waals surface area contributed by atoms with Gasteiger partial charge in [-0.15, -0.1) is 5.10 Å². The zero-order chi connectivity index (χ0) is 11.5. The van der Waals surface area contributed by atoms with Crippen molar-refractivity contribution in [3.63, 3.8) is 0 Å². The van der Waals surface area contributed by atoms with Crippen molar-refractivity contribution < 1.29 is 4.21 Å². The summed E-state index contributed by atoms with van der Waals surface area (Å²) in [6, 6.07) is 0.0946. The molecule has 0 radical (unpaired) electrons. The zero-order valence-electron chi connectivity index (χ0n) is 8.49. The fraction of sp³-hybridized carbons (Fsp3) is 0.625. The Morgan fingerprint density at radius 3 is 2.62 bits per heavy atom. The third kappa shape index (κ3) is 2.57. The van der Waals surface area contributed by atoms with Gasteiger partial charge in [-0.25, -0.2) is 9.89 Å². The van der Waals surface area contributed by atoms with Crippen LogP contribution in [0.25, 0.3) is 0 Å². The van der Waals surface area contributed by atoms with E-state index in [4.69, 9.17) is 0 Å². The lowest BCUT2D eigenvalue weighted by atomic mass is 10.1. The Bertz CT molecular complexity index is 498. The molecule has 1 aliphatic heterocycles. The van der Waals surface area contributed by atoms with E-state index in [1.54, 1.807) is 0 Å². The lowest BCUT2D eigenvalue weighted by molar-refractivity contribution is 0.620. The number of aromatic amines is 2. The SMILES string of the molecule is O=c1[nH]nc(NC2CCS(=O)CC2)c(=O)[nH]1. The van der Waals surface area contributed by atoms with Gasteiger partial charge >= 0.3 is 5.69 Å². The van der Waals surface area contributed by atoms with Crippen LogP contribution in [0.2, 0.25) is 0 Å². The van der Waals surface area contributed by atoms with Crippen molar-refractivity contribution in [2.75, 3.05) is 16.8 Å². The third-order valence-electron chi connectivity index (χ3n) is 2.44. The maximum Gasteiger partial charge on any atom is 0.342 e. The van der Waals surface area contributed by atoms with Crippen LogP contribution in [0.4, 0.5) is 5.82 Å². The Morgan fingerprint density at radius 2 is 2.00 bits per heavy atom. The quantitative estimate of drug-likeness (QED) is 0.604. The van der Waals surface area contributed by atoms with E-state index in [0.717, 1.165) is 12.8 Å². The molecule has 0 atom stereocenters. The van der Waals surface area contributed by atoms with Gasteiger partial charge in [0.1, 0.15) is 0 Å². The minimum atomic E-state index is -0.732. The molecular weight excluding hydrogens is 232 g/mol. The van der Waals surface area contributed by atoms with Gasteiger partial charge in [0.2, 0.25) is 5.82 Å². The summed E-state index contributed by atoms with van der Waals surface area (Å²) in [5.41, 5.74) is -1.16. The highest BCUT2D eigenvalue weighted by Gasteiger charge is 2.18. The number of anilines is 1. The van der Waals surface area contributed by atoms with Crippen molar-refractivity contribution in [2.45, 2.75) is 18.9 Å². The summed E-state index contributed by atoms with van der Waals surface area (Å²) < 4.78 is 11.1. The van der Waals surface area contributed by atoms with Crippen LogP contribution in [0.15, 0.2) is 9.59 Å².